The van der Waals surface area contributed by atoms with Gasteiger partial charge in [0.2, 0.25) is 0 Å². The first-order valence-corrected chi connectivity index (χ1v) is 20.3. The Morgan fingerprint density at radius 1 is 0.906 bits per heavy atom. The van der Waals surface area contributed by atoms with E-state index < -0.39 is 18.2 Å². The van der Waals surface area contributed by atoms with Crippen molar-refractivity contribution in [3.8, 4) is 0 Å². The summed E-state index contributed by atoms with van der Waals surface area (Å²) in [4.78, 5) is 4.86. The van der Waals surface area contributed by atoms with Crippen LogP contribution in [0.25, 0.3) is 0 Å². The van der Waals surface area contributed by atoms with Crippen LogP contribution in [0.5, 0.6) is 0 Å². The van der Waals surface area contributed by atoms with Gasteiger partial charge in [-0.3, -0.25) is 5.21 Å². The van der Waals surface area contributed by atoms with Crippen molar-refractivity contribution in [3.05, 3.63) is 65.2 Å². The van der Waals surface area contributed by atoms with Crippen molar-refractivity contribution >= 4 is 37.1 Å². The van der Waals surface area contributed by atoms with E-state index in [4.69, 9.17) is 30.5 Å². The molecular weight excluding hydrogens is 546 g/mol. The molecule has 1 aliphatic rings. The molecule has 0 unspecified atom stereocenters. The van der Waals surface area contributed by atoms with Crippen molar-refractivity contribution < 1.29 is 28.1 Å². The van der Waals surface area contributed by atoms with E-state index in [1.165, 1.54) is 24.0 Å². The molecule has 0 aromatic heterocycles. The number of nitrogens with zero attached hydrogens (tertiary/aromatic N) is 2. The first kappa shape index (κ1) is 29.6. The van der Waals surface area contributed by atoms with Crippen LogP contribution >= 0.6 is 25.5 Å². The van der Waals surface area contributed by atoms with Crippen LogP contribution in [0.15, 0.2) is 53.5 Å². The van der Waals surface area contributed by atoms with Gasteiger partial charge in [0.1, 0.15) is 13.2 Å². The number of ether oxygens (including phenoxy) is 1. The van der Waals surface area contributed by atoms with Crippen molar-refractivity contribution in [2.75, 3.05) is 20.3 Å². The second-order valence-electron chi connectivity index (χ2n) is 8.01. The maximum absolute atomic E-state index is 10.1. The second kappa shape index (κ2) is 16.3. The molecule has 2 aromatic rings. The van der Waals surface area contributed by atoms with Crippen LogP contribution in [0, 0.1) is 0 Å². The van der Waals surface area contributed by atoms with Crippen LogP contribution in [0.2, 0.25) is 0 Å². The zero-order chi connectivity index (χ0) is 24.1. The Balaban J connectivity index is 0.000000473. The molecule has 0 amide bonds. The van der Waals surface area contributed by atoms with Crippen LogP contribution < -0.4 is 0 Å². The topological polar surface area (TPSA) is 48.6 Å². The van der Waals surface area contributed by atoms with Crippen molar-refractivity contribution in [1.29, 1.82) is 0 Å². The summed E-state index contributed by atoms with van der Waals surface area (Å²) in [6.07, 6.45) is 2.67. The molecule has 8 heteroatoms. The van der Waals surface area contributed by atoms with E-state index in [2.05, 4.69) is 50.6 Å². The predicted octanol–water partition coefficient (Wildman–Crippen LogP) is 7.71. The summed E-state index contributed by atoms with van der Waals surface area (Å²) in [5, 5.41) is 11.2. The standard InChI is InChI=1S/C20H26N2O.C4H8O.3ClH.Zr/c1-14(2)17-12-9-13-18(15(3)4)19(17)21-20(22(5)23)16-10-7-6-8-11-16;1-2-4-5-3-1;;;;/h6-15,23H,1-5H3;1-4H2;3*1H;/q;;;;;+3/p-2. The van der Waals surface area contributed by atoms with Crippen LogP contribution in [0.1, 0.15) is 69.1 Å². The van der Waals surface area contributed by atoms with Crippen LogP contribution in [-0.2, 0) is 18.2 Å². The summed E-state index contributed by atoms with van der Waals surface area (Å²) in [5.41, 5.74) is 4.26. The number of amidine groups is 1. The maximum atomic E-state index is 10.1. The number of hydroxylamine groups is 2. The number of hydrogen-bond donors (Lipinski definition) is 1. The van der Waals surface area contributed by atoms with E-state index in [0.717, 1.165) is 29.5 Å². The molecule has 1 aliphatic heterocycles. The van der Waals surface area contributed by atoms with Gasteiger partial charge in [-0.25, -0.2) is 10.1 Å². The summed E-state index contributed by atoms with van der Waals surface area (Å²) in [7, 11) is 16.6. The van der Waals surface area contributed by atoms with Crippen molar-refractivity contribution in [1.82, 2.24) is 5.06 Å². The number of hydrogen-bond acceptors (Lipinski definition) is 2. The average Bonchev–Trinajstić information content (AvgIpc) is 3.32. The third-order valence-electron chi connectivity index (χ3n) is 4.78. The first-order chi connectivity index (χ1) is 15.1. The number of rotatable bonds is 4. The fourth-order valence-electron chi connectivity index (χ4n) is 3.22. The van der Waals surface area contributed by atoms with E-state index in [1.54, 1.807) is 7.05 Å². The van der Waals surface area contributed by atoms with Gasteiger partial charge in [0.15, 0.2) is 5.84 Å². The Morgan fingerprint density at radius 2 is 1.38 bits per heavy atom. The van der Waals surface area contributed by atoms with Crippen molar-refractivity contribution in [2.24, 2.45) is 4.99 Å². The molecule has 0 radical (unpaired) electrons. The van der Waals surface area contributed by atoms with E-state index in [9.17, 15) is 5.21 Å². The van der Waals surface area contributed by atoms with Gasteiger partial charge in [-0.1, -0.05) is 76.2 Å². The molecule has 0 spiro atoms. The predicted molar refractivity (Wildman–Crippen MR) is 136 cm³/mol. The van der Waals surface area contributed by atoms with E-state index in [1.807, 2.05) is 30.3 Å². The minimum absolute atomic E-state index is 0.369. The molecule has 32 heavy (non-hydrogen) atoms. The fraction of sp³-hybridized carbons (Fsp3) is 0.458. The van der Waals surface area contributed by atoms with Gasteiger partial charge < -0.3 is 4.74 Å². The van der Waals surface area contributed by atoms with Gasteiger partial charge >= 0.3 is 43.7 Å². The normalized spacial score (nSPS) is 13.3. The Bertz CT molecular complexity index is 776. The number of halogens is 3. The summed E-state index contributed by atoms with van der Waals surface area (Å²) in [5.74, 6) is 1.29. The van der Waals surface area contributed by atoms with Gasteiger partial charge in [0, 0.05) is 25.5 Å². The molecule has 2 N–H and O–H groups in total. The summed E-state index contributed by atoms with van der Waals surface area (Å²) in [6.45, 7) is 10.9. The van der Waals surface area contributed by atoms with Crippen molar-refractivity contribution in [3.63, 3.8) is 0 Å². The Hall–Kier alpha value is -0.417. The summed E-state index contributed by atoms with van der Waals surface area (Å²) < 4.78 is 4.08. The van der Waals surface area contributed by atoms with Gasteiger partial charge in [0.25, 0.3) is 0 Å². The molecule has 4 nitrogen and oxygen atoms in total. The summed E-state index contributed by atoms with van der Waals surface area (Å²) >= 11 is -2.13. The van der Waals surface area contributed by atoms with Gasteiger partial charge in [-0.15, -0.1) is 0 Å². The van der Waals surface area contributed by atoms with E-state index in [0.29, 0.717) is 17.7 Å². The molecular formula is C24H35Cl3N2O2Zr+. The molecule has 0 atom stereocenters. The Kier molecular flexibility index (Phi) is 15.0. The van der Waals surface area contributed by atoms with Gasteiger partial charge in [0.05, 0.1) is 5.69 Å². The molecule has 0 saturated carbocycles. The Labute approximate surface area is 211 Å². The fourth-order valence-corrected chi connectivity index (χ4v) is 3.22. The number of benzene rings is 2. The zero-order valence-corrected chi connectivity index (χ0v) is 24.3. The minimum atomic E-state index is -2.13. The summed E-state index contributed by atoms with van der Waals surface area (Å²) in [6, 6.07) is 16.1. The monoisotopic (exact) mass is 578 g/mol. The number of aliphatic hydroxyl groups is 2. The molecule has 177 valence electrons. The van der Waals surface area contributed by atoms with Crippen LogP contribution in [-0.4, -0.2) is 41.1 Å². The molecule has 3 rings (SSSR count). The van der Waals surface area contributed by atoms with E-state index in [-0.39, 0.29) is 0 Å². The SMILES string of the molecule is C1CC[OH+]C1.CC(C)c1cccc(C(C)C)c1N=C(c1ccccc1)N(C)O.[Cl][Zr]([Cl])[Cl]. The molecule has 1 saturated heterocycles. The third-order valence-corrected chi connectivity index (χ3v) is 4.78. The third kappa shape index (κ3) is 11.1. The van der Waals surface area contributed by atoms with Crippen molar-refractivity contribution in [2.45, 2.75) is 52.4 Å². The quantitative estimate of drug-likeness (QED) is 0.174. The Morgan fingerprint density at radius 3 is 1.72 bits per heavy atom. The average molecular weight is 581 g/mol. The molecule has 0 bridgehead atoms. The molecule has 2 aromatic carbocycles. The van der Waals surface area contributed by atoms with E-state index >= 15 is 0 Å². The molecule has 0 aliphatic carbocycles. The van der Waals surface area contributed by atoms with Gasteiger partial charge in [-0.05, 0) is 23.0 Å². The van der Waals surface area contributed by atoms with Crippen LogP contribution in [0.3, 0.4) is 0 Å². The molecule has 1 heterocycles. The number of para-hydroxylation sites is 1. The molecule has 1 fully saturated rings. The van der Waals surface area contributed by atoms with Gasteiger partial charge in [-0.2, -0.15) is 0 Å². The first-order valence-electron chi connectivity index (χ1n) is 10.8. The second-order valence-corrected chi connectivity index (χ2v) is 19.2. The zero-order valence-electron chi connectivity index (χ0n) is 19.5. The van der Waals surface area contributed by atoms with Crippen LogP contribution in [0.4, 0.5) is 5.69 Å². The number of aliphatic imine (C=N–C) groups is 1.